The summed E-state index contributed by atoms with van der Waals surface area (Å²) in [5.41, 5.74) is -2.81. The van der Waals surface area contributed by atoms with Crippen molar-refractivity contribution >= 4 is 11.6 Å². The van der Waals surface area contributed by atoms with Crippen molar-refractivity contribution in [1.29, 1.82) is 0 Å². The molecule has 178 valence electrons. The molecule has 1 N–H and O–H groups in total. The Kier molecular flexibility index (Phi) is 7.71. The first-order valence-corrected chi connectivity index (χ1v) is 9.65. The van der Waals surface area contributed by atoms with E-state index in [1.807, 2.05) is 0 Å². The molecule has 11 heteroatoms. The lowest BCUT2D eigenvalue weighted by atomic mass is 9.77. The summed E-state index contributed by atoms with van der Waals surface area (Å²) in [5, 5.41) is 0.507. The number of hydrogen-bond donors (Lipinski definition) is 1. The molecule has 0 fully saturated rings. The Hall–Kier alpha value is -2.07. The summed E-state index contributed by atoms with van der Waals surface area (Å²) in [7, 11) is 1.30. The van der Waals surface area contributed by atoms with Gasteiger partial charge in [0.1, 0.15) is 17.4 Å². The first-order valence-electron chi connectivity index (χ1n) is 9.27. The van der Waals surface area contributed by atoms with Gasteiger partial charge >= 0.3 is 12.5 Å². The second-order valence-corrected chi connectivity index (χ2v) is 8.31. The predicted octanol–water partition coefficient (Wildman–Crippen LogP) is 7.03. The maximum Gasteiger partial charge on any atom is 0.457 e. The standard InChI is InChI=1S/C21H20ClF8NO/c1-19(2,15-9-13(23)4-5-17(15)32-3)10-14(31-21(28,29)30)7-11-6-12(20(25,26)27)8-16(22)18(11)24/h4-6,8-9,14,31H,7,10H2,1-3H3. The molecule has 32 heavy (non-hydrogen) atoms. The molecule has 0 radical (unpaired) electrons. The minimum Gasteiger partial charge on any atom is -0.496 e. The van der Waals surface area contributed by atoms with E-state index in [0.29, 0.717) is 12.1 Å². The third-order valence-electron chi connectivity index (χ3n) is 4.91. The highest BCUT2D eigenvalue weighted by atomic mass is 35.5. The summed E-state index contributed by atoms with van der Waals surface area (Å²) in [4.78, 5) is 0. The average molecular weight is 490 g/mol. The normalized spacial score (nSPS) is 13.9. The molecule has 2 nitrogen and oxygen atoms in total. The largest absolute Gasteiger partial charge is 0.496 e. The van der Waals surface area contributed by atoms with Crippen LogP contribution in [0.15, 0.2) is 30.3 Å². The van der Waals surface area contributed by atoms with Crippen molar-refractivity contribution in [1.82, 2.24) is 5.32 Å². The van der Waals surface area contributed by atoms with E-state index >= 15 is 0 Å². The van der Waals surface area contributed by atoms with E-state index in [4.69, 9.17) is 16.3 Å². The van der Waals surface area contributed by atoms with E-state index in [-0.39, 0.29) is 17.7 Å². The van der Waals surface area contributed by atoms with Crippen LogP contribution < -0.4 is 10.1 Å². The van der Waals surface area contributed by atoms with E-state index in [1.54, 1.807) is 0 Å². The molecule has 1 atom stereocenters. The minimum atomic E-state index is -4.91. The average Bonchev–Trinajstić information content (AvgIpc) is 2.62. The molecule has 0 aliphatic rings. The molecule has 2 aromatic carbocycles. The zero-order chi connectivity index (χ0) is 24.5. The highest BCUT2D eigenvalue weighted by molar-refractivity contribution is 6.30. The van der Waals surface area contributed by atoms with Crippen molar-refractivity contribution < 1.29 is 39.9 Å². The quantitative estimate of drug-likeness (QED) is 0.333. The number of rotatable bonds is 7. The fourth-order valence-corrected chi connectivity index (χ4v) is 3.80. The van der Waals surface area contributed by atoms with Crippen molar-refractivity contribution in [2.45, 2.75) is 50.6 Å². The monoisotopic (exact) mass is 489 g/mol. The lowest BCUT2D eigenvalue weighted by molar-refractivity contribution is -0.165. The zero-order valence-electron chi connectivity index (χ0n) is 17.2. The molecule has 0 heterocycles. The van der Waals surface area contributed by atoms with E-state index in [0.717, 1.165) is 12.1 Å². The summed E-state index contributed by atoms with van der Waals surface area (Å²) in [6.45, 7) is 3.04. The van der Waals surface area contributed by atoms with Crippen LogP contribution in [0.25, 0.3) is 0 Å². The molecule has 2 rings (SSSR count). The van der Waals surface area contributed by atoms with Crippen molar-refractivity contribution in [3.8, 4) is 5.75 Å². The van der Waals surface area contributed by atoms with Crippen molar-refractivity contribution in [3.05, 3.63) is 63.7 Å². The third-order valence-corrected chi connectivity index (χ3v) is 5.19. The van der Waals surface area contributed by atoms with Gasteiger partial charge in [-0.25, -0.2) is 14.1 Å². The fourth-order valence-electron chi connectivity index (χ4n) is 3.56. The highest BCUT2D eigenvalue weighted by Crippen LogP contribution is 2.38. The lowest BCUT2D eigenvalue weighted by Gasteiger charge is -2.32. The van der Waals surface area contributed by atoms with Crippen molar-refractivity contribution in [2.75, 3.05) is 7.11 Å². The summed E-state index contributed by atoms with van der Waals surface area (Å²) < 4.78 is 112. The Morgan fingerprint density at radius 1 is 1.00 bits per heavy atom. The van der Waals surface area contributed by atoms with Crippen LogP contribution in [0.2, 0.25) is 5.02 Å². The first kappa shape index (κ1) is 26.2. The molecule has 0 aromatic heterocycles. The molecular weight excluding hydrogens is 470 g/mol. The van der Waals surface area contributed by atoms with Crippen LogP contribution in [0.3, 0.4) is 0 Å². The van der Waals surface area contributed by atoms with Gasteiger partial charge < -0.3 is 4.74 Å². The minimum absolute atomic E-state index is 0.218. The fraction of sp³-hybridized carbons (Fsp3) is 0.429. The Labute approximate surface area is 184 Å². The molecule has 0 bridgehead atoms. The third kappa shape index (κ3) is 6.71. The maximum atomic E-state index is 14.4. The van der Waals surface area contributed by atoms with Crippen LogP contribution in [0, 0.1) is 11.6 Å². The Balaban J connectivity index is 2.46. The molecule has 0 aliphatic heterocycles. The van der Waals surface area contributed by atoms with E-state index in [9.17, 15) is 35.1 Å². The van der Waals surface area contributed by atoms with E-state index < -0.39 is 58.1 Å². The van der Waals surface area contributed by atoms with Gasteiger partial charge in [-0.3, -0.25) is 0 Å². The number of methoxy groups -OCH3 is 1. The topological polar surface area (TPSA) is 21.3 Å². The van der Waals surface area contributed by atoms with E-state index in [2.05, 4.69) is 0 Å². The van der Waals surface area contributed by atoms with Crippen LogP contribution in [0.1, 0.15) is 37.0 Å². The van der Waals surface area contributed by atoms with Gasteiger partial charge in [0.2, 0.25) is 0 Å². The summed E-state index contributed by atoms with van der Waals surface area (Å²) >= 11 is 5.55. The second kappa shape index (κ2) is 9.43. The van der Waals surface area contributed by atoms with Crippen molar-refractivity contribution in [3.63, 3.8) is 0 Å². The molecule has 0 saturated carbocycles. The van der Waals surface area contributed by atoms with E-state index in [1.165, 1.54) is 32.3 Å². The highest BCUT2D eigenvalue weighted by Gasteiger charge is 2.37. The van der Waals surface area contributed by atoms with Crippen LogP contribution in [-0.2, 0) is 18.0 Å². The number of alkyl halides is 6. The van der Waals surface area contributed by atoms with Gasteiger partial charge in [0.05, 0.1) is 17.7 Å². The first-order chi connectivity index (χ1) is 14.5. The Bertz CT molecular complexity index is 956. The van der Waals surface area contributed by atoms with Crippen LogP contribution in [0.4, 0.5) is 35.1 Å². The van der Waals surface area contributed by atoms with Gasteiger partial charge in [0, 0.05) is 11.6 Å². The predicted molar refractivity (Wildman–Crippen MR) is 104 cm³/mol. The van der Waals surface area contributed by atoms with Gasteiger partial charge in [-0.15, -0.1) is 0 Å². The summed E-state index contributed by atoms with van der Waals surface area (Å²) in [5.74, 6) is -1.67. The molecular formula is C21H20ClF8NO. The molecule has 0 spiro atoms. The maximum absolute atomic E-state index is 14.4. The summed E-state index contributed by atoms with van der Waals surface area (Å²) in [6.07, 6.45) is -10.9. The van der Waals surface area contributed by atoms with Crippen LogP contribution >= 0.6 is 11.6 Å². The molecule has 0 aliphatic carbocycles. The van der Waals surface area contributed by atoms with Gasteiger partial charge in [-0.1, -0.05) is 25.4 Å². The van der Waals surface area contributed by atoms with Gasteiger partial charge in [0.25, 0.3) is 0 Å². The van der Waals surface area contributed by atoms with Crippen molar-refractivity contribution in [2.24, 2.45) is 0 Å². The number of halogens is 9. The second-order valence-electron chi connectivity index (χ2n) is 7.90. The number of nitrogens with one attached hydrogen (secondary N) is 1. The molecule has 0 amide bonds. The number of hydrogen-bond acceptors (Lipinski definition) is 2. The molecule has 2 aromatic rings. The smallest absolute Gasteiger partial charge is 0.457 e. The molecule has 1 unspecified atom stereocenters. The Morgan fingerprint density at radius 3 is 2.16 bits per heavy atom. The van der Waals surface area contributed by atoms with Gasteiger partial charge in [-0.2, -0.15) is 26.3 Å². The number of benzene rings is 2. The van der Waals surface area contributed by atoms with Gasteiger partial charge in [0.15, 0.2) is 0 Å². The van der Waals surface area contributed by atoms with Crippen LogP contribution in [0.5, 0.6) is 5.75 Å². The van der Waals surface area contributed by atoms with Gasteiger partial charge in [-0.05, 0) is 54.2 Å². The van der Waals surface area contributed by atoms with Crippen LogP contribution in [-0.4, -0.2) is 19.5 Å². The Morgan fingerprint density at radius 2 is 1.62 bits per heavy atom. The summed E-state index contributed by atoms with van der Waals surface area (Å²) in [6, 6.07) is 2.77. The lowest BCUT2D eigenvalue weighted by Crippen LogP contribution is -2.45. The zero-order valence-corrected chi connectivity index (χ0v) is 17.9. The SMILES string of the molecule is COc1ccc(F)cc1C(C)(C)CC(Cc1cc(C(F)(F)F)cc(Cl)c1F)NC(F)(F)F. The molecule has 0 saturated heterocycles. The number of ether oxygens (including phenoxy) is 1.